The maximum absolute atomic E-state index is 6.32. The van der Waals surface area contributed by atoms with Gasteiger partial charge < -0.3 is 10.1 Å². The van der Waals surface area contributed by atoms with Crippen LogP contribution in [0.3, 0.4) is 0 Å². The maximum Gasteiger partial charge on any atom is 0.0849 e. The van der Waals surface area contributed by atoms with Crippen molar-refractivity contribution in [3.05, 3.63) is 23.0 Å². The van der Waals surface area contributed by atoms with Gasteiger partial charge in [0, 0.05) is 12.2 Å². The Hall–Kier alpha value is -0.800. The van der Waals surface area contributed by atoms with Gasteiger partial charge in [0.2, 0.25) is 0 Å². The van der Waals surface area contributed by atoms with Crippen LogP contribution in [0.1, 0.15) is 63.5 Å². The summed E-state index contributed by atoms with van der Waals surface area (Å²) in [5.74, 6) is 0. The van der Waals surface area contributed by atoms with Crippen molar-refractivity contribution in [3.8, 4) is 0 Å². The van der Waals surface area contributed by atoms with E-state index in [0.29, 0.717) is 18.2 Å². The summed E-state index contributed by atoms with van der Waals surface area (Å²) in [5, 5.41) is 4.34. The maximum atomic E-state index is 6.32. The van der Waals surface area contributed by atoms with Gasteiger partial charge in [-0.15, -0.1) is 0 Å². The van der Waals surface area contributed by atoms with E-state index < -0.39 is 0 Å². The lowest BCUT2D eigenvalue weighted by Gasteiger charge is -2.33. The molecule has 2 fully saturated rings. The van der Waals surface area contributed by atoms with Gasteiger partial charge in [-0.05, 0) is 51.5 Å². The van der Waals surface area contributed by atoms with Crippen molar-refractivity contribution in [2.45, 2.75) is 83.0 Å². The standard InChI is InChI=1S/C18H27ClN2O/c1-13-18(19)17(11-12-20-13)21-14-7-9-16(10-8-14)22-15-5-3-2-4-6-15/h11-12,14-16H,2-10H2,1H3,(H,20,21). The molecule has 2 saturated carbocycles. The third-order valence-corrected chi connectivity index (χ3v) is 5.51. The number of halogens is 1. The molecule has 1 aromatic heterocycles. The summed E-state index contributed by atoms with van der Waals surface area (Å²) in [6.07, 6.45) is 14.1. The van der Waals surface area contributed by atoms with Crippen LogP contribution in [-0.4, -0.2) is 23.2 Å². The highest BCUT2D eigenvalue weighted by Crippen LogP contribution is 2.30. The first kappa shape index (κ1) is 16.1. The molecule has 0 amide bonds. The molecule has 0 spiro atoms. The Morgan fingerprint density at radius 3 is 2.45 bits per heavy atom. The summed E-state index contributed by atoms with van der Waals surface area (Å²) in [7, 11) is 0. The average molecular weight is 323 g/mol. The molecule has 4 heteroatoms. The highest BCUT2D eigenvalue weighted by Gasteiger charge is 2.25. The second-order valence-corrected chi connectivity index (χ2v) is 7.15. The lowest BCUT2D eigenvalue weighted by molar-refractivity contribution is -0.0461. The number of ether oxygens (including phenoxy) is 1. The van der Waals surface area contributed by atoms with Gasteiger partial charge in [-0.25, -0.2) is 0 Å². The van der Waals surface area contributed by atoms with Gasteiger partial charge in [0.25, 0.3) is 0 Å². The number of hydrogen-bond donors (Lipinski definition) is 1. The third-order valence-electron chi connectivity index (χ3n) is 5.03. The number of nitrogens with zero attached hydrogens (tertiary/aromatic N) is 1. The van der Waals surface area contributed by atoms with Crippen molar-refractivity contribution in [2.24, 2.45) is 0 Å². The highest BCUT2D eigenvalue weighted by atomic mass is 35.5. The summed E-state index contributed by atoms with van der Waals surface area (Å²) >= 11 is 6.32. The van der Waals surface area contributed by atoms with Gasteiger partial charge in [0.1, 0.15) is 0 Å². The number of hydrogen-bond acceptors (Lipinski definition) is 3. The van der Waals surface area contributed by atoms with E-state index in [4.69, 9.17) is 16.3 Å². The first-order valence-corrected chi connectivity index (χ1v) is 9.13. The minimum atomic E-state index is 0.468. The lowest BCUT2D eigenvalue weighted by atomic mass is 9.91. The normalized spacial score (nSPS) is 26.8. The molecule has 0 aromatic carbocycles. The molecule has 22 heavy (non-hydrogen) atoms. The molecule has 2 aliphatic rings. The first-order valence-electron chi connectivity index (χ1n) is 8.75. The third kappa shape index (κ3) is 4.14. The Balaban J connectivity index is 1.46. The fourth-order valence-corrected chi connectivity index (χ4v) is 3.86. The zero-order valence-corrected chi connectivity index (χ0v) is 14.2. The SMILES string of the molecule is Cc1nccc(NC2CCC(OC3CCCCC3)CC2)c1Cl. The molecule has 3 rings (SSSR count). The average Bonchev–Trinajstić information content (AvgIpc) is 2.55. The summed E-state index contributed by atoms with van der Waals surface area (Å²) in [4.78, 5) is 4.22. The Bertz CT molecular complexity index is 480. The smallest absolute Gasteiger partial charge is 0.0849 e. The Kier molecular flexibility index (Phi) is 5.59. The van der Waals surface area contributed by atoms with Crippen LogP contribution in [0.5, 0.6) is 0 Å². The van der Waals surface area contributed by atoms with Crippen molar-refractivity contribution >= 4 is 17.3 Å². The minimum absolute atomic E-state index is 0.468. The van der Waals surface area contributed by atoms with Crippen LogP contribution in [-0.2, 0) is 4.74 Å². The predicted molar refractivity (Wildman–Crippen MR) is 91.6 cm³/mol. The molecule has 0 radical (unpaired) electrons. The zero-order chi connectivity index (χ0) is 15.4. The molecular weight excluding hydrogens is 296 g/mol. The van der Waals surface area contributed by atoms with E-state index in [-0.39, 0.29) is 0 Å². The second-order valence-electron chi connectivity index (χ2n) is 6.77. The number of nitrogens with one attached hydrogen (secondary N) is 1. The Morgan fingerprint density at radius 2 is 1.73 bits per heavy atom. The predicted octanol–water partition coefficient (Wildman–Crippen LogP) is 5.12. The van der Waals surface area contributed by atoms with Crippen molar-refractivity contribution in [1.82, 2.24) is 4.98 Å². The summed E-state index contributed by atoms with van der Waals surface area (Å²) in [6.45, 7) is 1.95. The van der Waals surface area contributed by atoms with Crippen LogP contribution in [0.4, 0.5) is 5.69 Å². The van der Waals surface area contributed by atoms with Crippen LogP contribution >= 0.6 is 11.6 Å². The van der Waals surface area contributed by atoms with E-state index in [0.717, 1.165) is 42.1 Å². The van der Waals surface area contributed by atoms with Crippen molar-refractivity contribution in [3.63, 3.8) is 0 Å². The van der Waals surface area contributed by atoms with Gasteiger partial charge in [0.05, 0.1) is 28.6 Å². The first-order chi connectivity index (χ1) is 10.7. The summed E-state index contributed by atoms with van der Waals surface area (Å²) in [6, 6.07) is 2.48. The minimum Gasteiger partial charge on any atom is -0.381 e. The molecule has 0 saturated heterocycles. The summed E-state index contributed by atoms with van der Waals surface area (Å²) < 4.78 is 6.31. The molecule has 2 aliphatic carbocycles. The molecule has 3 nitrogen and oxygen atoms in total. The molecular formula is C18H27ClN2O. The van der Waals surface area contributed by atoms with E-state index in [9.17, 15) is 0 Å². The van der Waals surface area contributed by atoms with Gasteiger partial charge in [-0.1, -0.05) is 30.9 Å². The van der Waals surface area contributed by atoms with Crippen LogP contribution in [0.25, 0.3) is 0 Å². The molecule has 122 valence electrons. The molecule has 1 heterocycles. The molecule has 1 N–H and O–H groups in total. The number of aromatic nitrogens is 1. The van der Waals surface area contributed by atoms with Crippen molar-refractivity contribution in [2.75, 3.05) is 5.32 Å². The van der Waals surface area contributed by atoms with Gasteiger partial charge in [-0.3, -0.25) is 4.98 Å². The number of anilines is 1. The van der Waals surface area contributed by atoms with E-state index in [1.165, 1.54) is 32.1 Å². The van der Waals surface area contributed by atoms with Crippen LogP contribution < -0.4 is 5.32 Å². The fourth-order valence-electron chi connectivity index (χ4n) is 3.70. The van der Waals surface area contributed by atoms with E-state index in [1.54, 1.807) is 0 Å². The lowest BCUT2D eigenvalue weighted by Crippen LogP contribution is -2.32. The number of pyridine rings is 1. The molecule has 0 atom stereocenters. The largest absolute Gasteiger partial charge is 0.381 e. The van der Waals surface area contributed by atoms with E-state index in [1.807, 2.05) is 19.2 Å². The van der Waals surface area contributed by atoms with Crippen LogP contribution in [0.2, 0.25) is 5.02 Å². The second kappa shape index (κ2) is 7.65. The van der Waals surface area contributed by atoms with Crippen LogP contribution in [0, 0.1) is 6.92 Å². The highest BCUT2D eigenvalue weighted by molar-refractivity contribution is 6.33. The van der Waals surface area contributed by atoms with Crippen LogP contribution in [0.15, 0.2) is 12.3 Å². The summed E-state index contributed by atoms with van der Waals surface area (Å²) in [5.41, 5.74) is 1.91. The molecule has 0 aliphatic heterocycles. The van der Waals surface area contributed by atoms with Crippen molar-refractivity contribution < 1.29 is 4.74 Å². The number of rotatable bonds is 4. The quantitative estimate of drug-likeness (QED) is 0.835. The topological polar surface area (TPSA) is 34.2 Å². The van der Waals surface area contributed by atoms with Gasteiger partial charge >= 0.3 is 0 Å². The fraction of sp³-hybridized carbons (Fsp3) is 0.722. The molecule has 0 unspecified atom stereocenters. The Labute approximate surface area is 138 Å². The van der Waals surface area contributed by atoms with E-state index >= 15 is 0 Å². The van der Waals surface area contributed by atoms with Crippen molar-refractivity contribution in [1.29, 1.82) is 0 Å². The zero-order valence-electron chi connectivity index (χ0n) is 13.5. The van der Waals surface area contributed by atoms with Gasteiger partial charge in [-0.2, -0.15) is 0 Å². The molecule has 1 aromatic rings. The molecule has 0 bridgehead atoms. The number of aryl methyl sites for hydroxylation is 1. The Morgan fingerprint density at radius 1 is 1.05 bits per heavy atom. The monoisotopic (exact) mass is 322 g/mol. The van der Waals surface area contributed by atoms with E-state index in [2.05, 4.69) is 10.3 Å². The van der Waals surface area contributed by atoms with Gasteiger partial charge in [0.15, 0.2) is 0 Å².